The van der Waals surface area contributed by atoms with Crippen LogP contribution in [0.2, 0.25) is 0 Å². The Balaban J connectivity index is 1.51. The lowest BCUT2D eigenvalue weighted by atomic mass is 10.2. The number of carbonyl (C=O) groups excluding carboxylic acids is 3. The lowest BCUT2D eigenvalue weighted by Crippen LogP contribution is -2.40. The lowest BCUT2D eigenvalue weighted by molar-refractivity contribution is -0.145. The molecule has 0 bridgehead atoms. The molecule has 2 aliphatic heterocycles. The maximum absolute atomic E-state index is 12.5. The molecule has 1 N–H and O–H groups in total. The Kier molecular flexibility index (Phi) is 6.41. The number of nitrogens with zero attached hydrogens (tertiary/aromatic N) is 3. The van der Waals surface area contributed by atoms with E-state index in [0.717, 1.165) is 5.56 Å². The Morgan fingerprint density at radius 2 is 1.62 bits per heavy atom. The van der Waals surface area contributed by atoms with Gasteiger partial charge in [0.05, 0.1) is 13.1 Å². The summed E-state index contributed by atoms with van der Waals surface area (Å²) < 4.78 is 37.6. The van der Waals surface area contributed by atoms with E-state index in [4.69, 9.17) is 0 Å². The zero-order chi connectivity index (χ0) is 21.0. The molecule has 7 nitrogen and oxygen atoms in total. The van der Waals surface area contributed by atoms with Crippen molar-refractivity contribution in [3.63, 3.8) is 0 Å². The molecule has 3 rings (SSSR count). The predicted octanol–water partition coefficient (Wildman–Crippen LogP) is 2.44. The van der Waals surface area contributed by atoms with Gasteiger partial charge < -0.3 is 10.2 Å². The Morgan fingerprint density at radius 1 is 0.966 bits per heavy atom. The number of rotatable bonds is 4. The number of anilines is 1. The summed E-state index contributed by atoms with van der Waals surface area (Å²) >= 11 is 0. The molecule has 0 aliphatic carbocycles. The minimum absolute atomic E-state index is 0.170. The SMILES string of the molecule is O=C(Nc1ccc(CN2C(=O)CCC2=O)cc1)N1CCCN(CC(F)(F)F)CC1. The van der Waals surface area contributed by atoms with E-state index in [1.165, 1.54) is 14.7 Å². The van der Waals surface area contributed by atoms with Gasteiger partial charge in [-0.3, -0.25) is 19.4 Å². The zero-order valence-electron chi connectivity index (χ0n) is 15.9. The van der Waals surface area contributed by atoms with E-state index in [1.807, 2.05) is 0 Å². The molecule has 1 aromatic carbocycles. The number of hydrogen-bond acceptors (Lipinski definition) is 4. The number of nitrogens with one attached hydrogen (secondary N) is 1. The largest absolute Gasteiger partial charge is 0.401 e. The van der Waals surface area contributed by atoms with Crippen LogP contribution in [0, 0.1) is 0 Å². The fourth-order valence-electron chi connectivity index (χ4n) is 3.46. The van der Waals surface area contributed by atoms with Gasteiger partial charge in [0.25, 0.3) is 0 Å². The average Bonchev–Trinajstić information content (AvgIpc) is 2.84. The van der Waals surface area contributed by atoms with Gasteiger partial charge in [0.2, 0.25) is 11.8 Å². The fourth-order valence-corrected chi connectivity index (χ4v) is 3.46. The molecule has 2 aliphatic rings. The van der Waals surface area contributed by atoms with Gasteiger partial charge in [-0.15, -0.1) is 0 Å². The van der Waals surface area contributed by atoms with Gasteiger partial charge in [0, 0.05) is 44.7 Å². The van der Waals surface area contributed by atoms with E-state index < -0.39 is 12.7 Å². The molecule has 29 heavy (non-hydrogen) atoms. The lowest BCUT2D eigenvalue weighted by Gasteiger charge is -2.23. The third-order valence-corrected chi connectivity index (χ3v) is 4.98. The predicted molar refractivity (Wildman–Crippen MR) is 98.9 cm³/mol. The highest BCUT2D eigenvalue weighted by atomic mass is 19.4. The van der Waals surface area contributed by atoms with Crippen LogP contribution in [0.4, 0.5) is 23.7 Å². The van der Waals surface area contributed by atoms with Crippen molar-refractivity contribution in [2.24, 2.45) is 0 Å². The molecule has 0 unspecified atom stereocenters. The second-order valence-electron chi connectivity index (χ2n) is 7.23. The highest BCUT2D eigenvalue weighted by molar-refractivity contribution is 6.01. The van der Waals surface area contributed by atoms with E-state index in [0.29, 0.717) is 25.2 Å². The van der Waals surface area contributed by atoms with Gasteiger partial charge in [0.1, 0.15) is 0 Å². The number of alkyl halides is 3. The third-order valence-electron chi connectivity index (χ3n) is 4.98. The number of carbonyl (C=O) groups is 3. The summed E-state index contributed by atoms with van der Waals surface area (Å²) in [6.07, 6.45) is -3.30. The normalized spacial score (nSPS) is 18.9. The topological polar surface area (TPSA) is 73.0 Å². The van der Waals surface area contributed by atoms with Crippen molar-refractivity contribution in [2.45, 2.75) is 32.0 Å². The van der Waals surface area contributed by atoms with Crippen LogP contribution in [0.1, 0.15) is 24.8 Å². The Hall–Kier alpha value is -2.62. The van der Waals surface area contributed by atoms with Crippen molar-refractivity contribution in [1.29, 1.82) is 0 Å². The van der Waals surface area contributed by atoms with Crippen LogP contribution in [-0.2, 0) is 16.1 Å². The van der Waals surface area contributed by atoms with E-state index in [2.05, 4.69) is 5.32 Å². The van der Waals surface area contributed by atoms with Crippen molar-refractivity contribution in [1.82, 2.24) is 14.7 Å². The number of urea groups is 1. The molecule has 2 saturated heterocycles. The Bertz CT molecular complexity index is 751. The Labute approximate surface area is 166 Å². The van der Waals surface area contributed by atoms with Gasteiger partial charge in [0.15, 0.2) is 0 Å². The molecule has 1 aromatic rings. The zero-order valence-corrected chi connectivity index (χ0v) is 15.9. The fraction of sp³-hybridized carbons (Fsp3) is 0.526. The molecule has 4 amide bonds. The van der Waals surface area contributed by atoms with Crippen molar-refractivity contribution < 1.29 is 27.6 Å². The van der Waals surface area contributed by atoms with Gasteiger partial charge >= 0.3 is 12.2 Å². The molecule has 0 spiro atoms. The molecule has 0 saturated carbocycles. The molecule has 158 valence electrons. The number of benzene rings is 1. The van der Waals surface area contributed by atoms with Crippen LogP contribution in [0.3, 0.4) is 0 Å². The van der Waals surface area contributed by atoms with E-state index in [1.54, 1.807) is 24.3 Å². The van der Waals surface area contributed by atoms with Gasteiger partial charge in [-0.05, 0) is 24.1 Å². The van der Waals surface area contributed by atoms with Crippen LogP contribution in [-0.4, -0.2) is 71.4 Å². The number of halogens is 3. The standard InChI is InChI=1S/C19H23F3N4O3/c20-19(21,22)13-24-8-1-9-25(11-10-24)18(29)23-15-4-2-14(3-5-15)12-26-16(27)6-7-17(26)28/h2-5H,1,6-13H2,(H,23,29). The maximum Gasteiger partial charge on any atom is 0.401 e. The molecular weight excluding hydrogens is 389 g/mol. The number of imide groups is 1. The smallest absolute Gasteiger partial charge is 0.323 e. The molecular formula is C19H23F3N4O3. The third kappa shape index (κ3) is 5.93. The van der Waals surface area contributed by atoms with Crippen LogP contribution >= 0.6 is 0 Å². The maximum atomic E-state index is 12.5. The van der Waals surface area contributed by atoms with Crippen LogP contribution in [0.5, 0.6) is 0 Å². The molecule has 2 fully saturated rings. The highest BCUT2D eigenvalue weighted by Crippen LogP contribution is 2.19. The van der Waals surface area contributed by atoms with Gasteiger partial charge in [-0.25, -0.2) is 4.79 Å². The summed E-state index contributed by atoms with van der Waals surface area (Å²) in [6, 6.07) is 6.43. The van der Waals surface area contributed by atoms with Crippen molar-refractivity contribution in [2.75, 3.05) is 38.0 Å². The number of likely N-dealkylation sites (tertiary alicyclic amines) is 1. The summed E-state index contributed by atoms with van der Waals surface area (Å²) in [6.45, 7) is 0.311. The molecule has 2 heterocycles. The van der Waals surface area contributed by atoms with E-state index in [-0.39, 0.29) is 50.3 Å². The van der Waals surface area contributed by atoms with Crippen molar-refractivity contribution in [3.05, 3.63) is 29.8 Å². The van der Waals surface area contributed by atoms with Crippen LogP contribution in [0.25, 0.3) is 0 Å². The van der Waals surface area contributed by atoms with Crippen molar-refractivity contribution in [3.8, 4) is 0 Å². The minimum atomic E-state index is -4.25. The van der Waals surface area contributed by atoms with Crippen LogP contribution in [0.15, 0.2) is 24.3 Å². The molecule has 0 atom stereocenters. The van der Waals surface area contributed by atoms with Crippen molar-refractivity contribution >= 4 is 23.5 Å². The first-order valence-corrected chi connectivity index (χ1v) is 9.48. The first kappa shape index (κ1) is 21.1. The second-order valence-corrected chi connectivity index (χ2v) is 7.23. The van der Waals surface area contributed by atoms with Gasteiger partial charge in [-0.1, -0.05) is 12.1 Å². The molecule has 0 radical (unpaired) electrons. The summed E-state index contributed by atoms with van der Waals surface area (Å²) in [4.78, 5) is 39.8. The van der Waals surface area contributed by atoms with E-state index >= 15 is 0 Å². The average molecular weight is 412 g/mol. The summed E-state index contributed by atoms with van der Waals surface area (Å²) in [7, 11) is 0. The summed E-state index contributed by atoms with van der Waals surface area (Å²) in [5, 5.41) is 2.74. The monoisotopic (exact) mass is 412 g/mol. The number of hydrogen-bond donors (Lipinski definition) is 1. The Morgan fingerprint density at radius 3 is 2.24 bits per heavy atom. The molecule has 10 heteroatoms. The minimum Gasteiger partial charge on any atom is -0.323 e. The first-order chi connectivity index (χ1) is 13.7. The number of amides is 4. The first-order valence-electron chi connectivity index (χ1n) is 9.48. The second kappa shape index (κ2) is 8.81. The quantitative estimate of drug-likeness (QED) is 0.771. The summed E-state index contributed by atoms with van der Waals surface area (Å²) in [5.41, 5.74) is 1.30. The highest BCUT2D eigenvalue weighted by Gasteiger charge is 2.32. The summed E-state index contributed by atoms with van der Waals surface area (Å²) in [5.74, 6) is -0.374. The molecule has 0 aromatic heterocycles. The van der Waals surface area contributed by atoms with Gasteiger partial charge in [-0.2, -0.15) is 13.2 Å². The van der Waals surface area contributed by atoms with Crippen LogP contribution < -0.4 is 5.32 Å². The van der Waals surface area contributed by atoms with E-state index in [9.17, 15) is 27.6 Å².